The van der Waals surface area contributed by atoms with Crippen molar-refractivity contribution in [2.24, 2.45) is 0 Å². The van der Waals surface area contributed by atoms with Gasteiger partial charge in [-0.1, -0.05) is 12.8 Å². The lowest BCUT2D eigenvalue weighted by atomic mass is 10.2. The molecule has 0 aliphatic heterocycles. The number of anilines is 1. The van der Waals surface area contributed by atoms with E-state index < -0.39 is 0 Å². The minimum atomic E-state index is -0.381. The van der Waals surface area contributed by atoms with E-state index in [4.69, 9.17) is 0 Å². The lowest BCUT2D eigenvalue weighted by molar-refractivity contribution is 0.0595. The smallest absolute Gasteiger partial charge is 0.357 e. The summed E-state index contributed by atoms with van der Waals surface area (Å²) in [6, 6.07) is 0. The average Bonchev–Trinajstić information content (AvgIpc) is 2.85. The maximum Gasteiger partial charge on any atom is 0.357 e. The number of rotatable bonds is 9. The molecule has 0 spiro atoms. The molecule has 6 heteroatoms. The van der Waals surface area contributed by atoms with E-state index in [1.807, 2.05) is 0 Å². The van der Waals surface area contributed by atoms with Crippen molar-refractivity contribution in [3.63, 3.8) is 0 Å². The minimum absolute atomic E-state index is 0.376. The topological polar surface area (TPSA) is 54.5 Å². The summed E-state index contributed by atoms with van der Waals surface area (Å²) in [6.45, 7) is 2.05. The Morgan fingerprint density at radius 1 is 1.37 bits per heavy atom. The molecule has 5 nitrogen and oxygen atoms in total. The van der Waals surface area contributed by atoms with Gasteiger partial charge in [0.05, 0.1) is 7.11 Å². The van der Waals surface area contributed by atoms with Crippen LogP contribution in [0.2, 0.25) is 0 Å². The van der Waals surface area contributed by atoms with Crippen LogP contribution >= 0.6 is 11.3 Å². The first-order valence-electron chi connectivity index (χ1n) is 6.56. The van der Waals surface area contributed by atoms with E-state index in [0.29, 0.717) is 5.69 Å². The summed E-state index contributed by atoms with van der Waals surface area (Å²) in [6.07, 6.45) is 4.85. The average molecular weight is 285 g/mol. The van der Waals surface area contributed by atoms with E-state index in [-0.39, 0.29) is 5.97 Å². The second-order valence-electron chi connectivity index (χ2n) is 4.67. The fraction of sp³-hybridized carbons (Fsp3) is 0.692. The van der Waals surface area contributed by atoms with Crippen LogP contribution in [0.4, 0.5) is 5.13 Å². The summed E-state index contributed by atoms with van der Waals surface area (Å²) in [5, 5.41) is 5.73. The van der Waals surface area contributed by atoms with Crippen molar-refractivity contribution < 1.29 is 9.53 Å². The van der Waals surface area contributed by atoms with Gasteiger partial charge in [0.1, 0.15) is 0 Å². The Hall–Kier alpha value is -1.14. The largest absolute Gasteiger partial charge is 0.464 e. The van der Waals surface area contributed by atoms with Crippen LogP contribution in [0.5, 0.6) is 0 Å². The number of ether oxygens (including phenoxy) is 1. The lowest BCUT2D eigenvalue weighted by Crippen LogP contribution is -2.12. The van der Waals surface area contributed by atoms with Crippen molar-refractivity contribution in [2.75, 3.05) is 39.6 Å². The Morgan fingerprint density at radius 3 is 2.79 bits per heavy atom. The molecule has 0 atom stereocenters. The fourth-order valence-corrected chi connectivity index (χ4v) is 2.36. The molecule has 0 bridgehead atoms. The third kappa shape index (κ3) is 6.54. The predicted octanol–water partition coefficient (Wildman–Crippen LogP) is 2.46. The van der Waals surface area contributed by atoms with Gasteiger partial charge in [-0.05, 0) is 33.5 Å². The molecule has 0 aromatic carbocycles. The first kappa shape index (κ1) is 15.9. The molecule has 1 rings (SSSR count). The summed E-state index contributed by atoms with van der Waals surface area (Å²) in [5.41, 5.74) is 0.376. The summed E-state index contributed by atoms with van der Waals surface area (Å²) < 4.78 is 4.61. The van der Waals surface area contributed by atoms with Crippen LogP contribution in [-0.2, 0) is 4.74 Å². The molecule has 0 fully saturated rings. The van der Waals surface area contributed by atoms with E-state index in [0.717, 1.165) is 24.6 Å². The van der Waals surface area contributed by atoms with Crippen LogP contribution < -0.4 is 5.32 Å². The zero-order chi connectivity index (χ0) is 14.1. The van der Waals surface area contributed by atoms with Gasteiger partial charge in [-0.25, -0.2) is 9.78 Å². The third-order valence-electron chi connectivity index (χ3n) is 2.71. The predicted molar refractivity (Wildman–Crippen MR) is 79.0 cm³/mol. The Labute approximate surface area is 119 Å². The second-order valence-corrected chi connectivity index (χ2v) is 5.53. The highest BCUT2D eigenvalue weighted by Crippen LogP contribution is 2.16. The number of esters is 1. The van der Waals surface area contributed by atoms with Crippen LogP contribution in [0.1, 0.15) is 36.2 Å². The molecule has 1 N–H and O–H groups in total. The van der Waals surface area contributed by atoms with Crippen molar-refractivity contribution >= 4 is 22.4 Å². The standard InChI is InChI=1S/C13H23N3O2S/c1-16(2)9-7-5-4-6-8-14-13-15-11(10-19-13)12(17)18-3/h10H,4-9H2,1-3H3,(H,14,15). The van der Waals surface area contributed by atoms with Gasteiger partial charge in [-0.3, -0.25) is 0 Å². The molecule has 0 aliphatic rings. The normalized spacial score (nSPS) is 10.7. The van der Waals surface area contributed by atoms with Gasteiger partial charge >= 0.3 is 5.97 Å². The molecule has 108 valence electrons. The minimum Gasteiger partial charge on any atom is -0.464 e. The highest BCUT2D eigenvalue weighted by molar-refractivity contribution is 7.13. The number of carbonyl (C=O) groups excluding carboxylic acids is 1. The Bertz CT molecular complexity index is 380. The number of hydrogen-bond donors (Lipinski definition) is 1. The number of methoxy groups -OCH3 is 1. The summed E-state index contributed by atoms with van der Waals surface area (Å²) >= 11 is 1.44. The van der Waals surface area contributed by atoms with Crippen molar-refractivity contribution in [1.29, 1.82) is 0 Å². The lowest BCUT2D eigenvalue weighted by Gasteiger charge is -2.08. The SMILES string of the molecule is COC(=O)c1csc(NCCCCCCN(C)C)n1. The van der Waals surface area contributed by atoms with Gasteiger partial charge in [0.25, 0.3) is 0 Å². The van der Waals surface area contributed by atoms with Gasteiger partial charge in [0, 0.05) is 11.9 Å². The number of thiazole rings is 1. The Balaban J connectivity index is 2.09. The Morgan fingerprint density at radius 2 is 2.11 bits per heavy atom. The van der Waals surface area contributed by atoms with Crippen molar-refractivity contribution in [3.8, 4) is 0 Å². The number of unbranched alkanes of at least 4 members (excludes halogenated alkanes) is 3. The molecule has 0 unspecified atom stereocenters. The van der Waals surface area contributed by atoms with Crippen LogP contribution in [0, 0.1) is 0 Å². The van der Waals surface area contributed by atoms with Crippen LogP contribution in [0.15, 0.2) is 5.38 Å². The first-order chi connectivity index (χ1) is 9.13. The number of nitrogens with one attached hydrogen (secondary N) is 1. The highest BCUT2D eigenvalue weighted by atomic mass is 32.1. The number of hydrogen-bond acceptors (Lipinski definition) is 6. The van der Waals surface area contributed by atoms with Gasteiger partial charge in [-0.2, -0.15) is 0 Å². The van der Waals surface area contributed by atoms with E-state index in [2.05, 4.69) is 34.0 Å². The van der Waals surface area contributed by atoms with Crippen LogP contribution in [0.25, 0.3) is 0 Å². The number of carbonyl (C=O) groups is 1. The molecule has 1 aromatic rings. The molecule has 0 radical (unpaired) electrons. The zero-order valence-corrected chi connectivity index (χ0v) is 12.8. The van der Waals surface area contributed by atoms with E-state index in [1.165, 1.54) is 37.7 Å². The van der Waals surface area contributed by atoms with Crippen molar-refractivity contribution in [1.82, 2.24) is 9.88 Å². The van der Waals surface area contributed by atoms with Gasteiger partial charge < -0.3 is 15.0 Å². The van der Waals surface area contributed by atoms with Crippen LogP contribution in [0.3, 0.4) is 0 Å². The monoisotopic (exact) mass is 285 g/mol. The second kappa shape index (κ2) is 8.87. The number of aromatic nitrogens is 1. The number of nitrogens with zero attached hydrogens (tertiary/aromatic N) is 2. The maximum absolute atomic E-state index is 11.2. The van der Waals surface area contributed by atoms with Crippen molar-refractivity contribution in [2.45, 2.75) is 25.7 Å². The quantitative estimate of drug-likeness (QED) is 0.558. The molecular weight excluding hydrogens is 262 g/mol. The molecule has 1 aromatic heterocycles. The summed E-state index contributed by atoms with van der Waals surface area (Å²) in [7, 11) is 5.56. The first-order valence-corrected chi connectivity index (χ1v) is 7.44. The van der Waals surface area contributed by atoms with Gasteiger partial charge in [0.2, 0.25) is 0 Å². The zero-order valence-electron chi connectivity index (χ0n) is 11.9. The van der Waals surface area contributed by atoms with Crippen LogP contribution in [-0.4, -0.2) is 50.1 Å². The summed E-state index contributed by atoms with van der Waals surface area (Å²) in [5.74, 6) is -0.381. The third-order valence-corrected chi connectivity index (χ3v) is 3.51. The van der Waals surface area contributed by atoms with E-state index >= 15 is 0 Å². The summed E-state index contributed by atoms with van der Waals surface area (Å²) in [4.78, 5) is 17.6. The maximum atomic E-state index is 11.2. The molecule has 0 aliphatic carbocycles. The Kier molecular flexibility index (Phi) is 7.43. The van der Waals surface area contributed by atoms with E-state index in [1.54, 1.807) is 5.38 Å². The van der Waals surface area contributed by atoms with Gasteiger partial charge in [-0.15, -0.1) is 11.3 Å². The van der Waals surface area contributed by atoms with E-state index in [9.17, 15) is 4.79 Å². The van der Waals surface area contributed by atoms with Crippen molar-refractivity contribution in [3.05, 3.63) is 11.1 Å². The molecule has 19 heavy (non-hydrogen) atoms. The molecule has 0 saturated carbocycles. The highest BCUT2D eigenvalue weighted by Gasteiger charge is 2.09. The molecule has 1 heterocycles. The molecule has 0 amide bonds. The fourth-order valence-electron chi connectivity index (χ4n) is 1.66. The molecular formula is C13H23N3O2S. The van der Waals surface area contributed by atoms with Gasteiger partial charge in [0.15, 0.2) is 10.8 Å². The molecule has 0 saturated heterocycles.